The van der Waals surface area contributed by atoms with E-state index in [0.717, 1.165) is 44.5 Å². The van der Waals surface area contributed by atoms with Crippen molar-refractivity contribution in [1.82, 2.24) is 4.98 Å². The number of pyridine rings is 1. The molecule has 1 aliphatic rings. The van der Waals surface area contributed by atoms with Gasteiger partial charge >= 0.3 is 6.18 Å². The van der Waals surface area contributed by atoms with E-state index >= 15 is 0 Å². The zero-order chi connectivity index (χ0) is 14.0. The van der Waals surface area contributed by atoms with Gasteiger partial charge in [-0.1, -0.05) is 6.92 Å². The van der Waals surface area contributed by atoms with Gasteiger partial charge in [0.15, 0.2) is 0 Å². The Morgan fingerprint density at radius 3 is 2.79 bits per heavy atom. The Kier molecular flexibility index (Phi) is 3.87. The summed E-state index contributed by atoms with van der Waals surface area (Å²) in [6.07, 6.45) is 0.395. The zero-order valence-electron chi connectivity index (χ0n) is 10.9. The Morgan fingerprint density at radius 1 is 1.42 bits per heavy atom. The van der Waals surface area contributed by atoms with Crippen molar-refractivity contribution in [2.45, 2.75) is 44.8 Å². The summed E-state index contributed by atoms with van der Waals surface area (Å²) in [7, 11) is 0. The summed E-state index contributed by atoms with van der Waals surface area (Å²) in [5.41, 5.74) is 5.44. The Labute approximate surface area is 110 Å². The van der Waals surface area contributed by atoms with Gasteiger partial charge in [-0.25, -0.2) is 4.98 Å². The molecule has 2 N–H and O–H groups in total. The number of hydrogen-bond donors (Lipinski definition) is 1. The van der Waals surface area contributed by atoms with Crippen molar-refractivity contribution in [1.29, 1.82) is 0 Å². The highest BCUT2D eigenvalue weighted by atomic mass is 19.4. The first-order valence-corrected chi connectivity index (χ1v) is 6.53. The number of halogens is 3. The van der Waals surface area contributed by atoms with E-state index in [1.165, 1.54) is 0 Å². The first-order valence-electron chi connectivity index (χ1n) is 6.53. The normalized spacial score (nSPS) is 20.6. The van der Waals surface area contributed by atoms with Crippen LogP contribution in [0.3, 0.4) is 0 Å². The second-order valence-corrected chi connectivity index (χ2v) is 4.88. The molecule has 0 aromatic carbocycles. The topological polar surface area (TPSA) is 42.2 Å². The SMILES string of the molecule is CCC1CCCCN1c1cc(C(F)(F)F)cnc1N. The quantitative estimate of drug-likeness (QED) is 0.897. The number of aromatic nitrogens is 1. The summed E-state index contributed by atoms with van der Waals surface area (Å²) >= 11 is 0. The van der Waals surface area contributed by atoms with E-state index in [9.17, 15) is 13.2 Å². The highest BCUT2D eigenvalue weighted by Gasteiger charge is 2.33. The Hall–Kier alpha value is -1.46. The molecule has 1 unspecified atom stereocenters. The summed E-state index contributed by atoms with van der Waals surface area (Å²) in [4.78, 5) is 5.68. The van der Waals surface area contributed by atoms with Crippen LogP contribution in [0.5, 0.6) is 0 Å². The van der Waals surface area contributed by atoms with Gasteiger partial charge in [0.25, 0.3) is 0 Å². The molecule has 6 heteroatoms. The van der Waals surface area contributed by atoms with E-state index in [1.54, 1.807) is 0 Å². The number of nitrogen functional groups attached to an aromatic ring is 1. The molecule has 0 radical (unpaired) electrons. The number of nitrogens with two attached hydrogens (primary N) is 1. The van der Waals surface area contributed by atoms with Crippen LogP contribution in [0.15, 0.2) is 12.3 Å². The average Bonchev–Trinajstić information content (AvgIpc) is 2.38. The average molecular weight is 273 g/mol. The van der Waals surface area contributed by atoms with Gasteiger partial charge < -0.3 is 10.6 Å². The summed E-state index contributed by atoms with van der Waals surface area (Å²) in [5.74, 6) is 0.174. The van der Waals surface area contributed by atoms with Crippen molar-refractivity contribution in [3.63, 3.8) is 0 Å². The number of anilines is 2. The summed E-state index contributed by atoms with van der Waals surface area (Å²) in [6.45, 7) is 2.78. The molecule has 106 valence electrons. The van der Waals surface area contributed by atoms with Crippen LogP contribution in [0, 0.1) is 0 Å². The standard InChI is InChI=1S/C13H18F3N3/c1-2-10-5-3-4-6-19(10)11-7-9(13(14,15)16)8-18-12(11)17/h7-8,10H,2-6H2,1H3,(H2,17,18). The Balaban J connectivity index is 2.37. The molecule has 0 amide bonds. The molecular weight excluding hydrogens is 255 g/mol. The lowest BCUT2D eigenvalue weighted by Crippen LogP contribution is -2.39. The molecule has 1 aliphatic heterocycles. The molecule has 1 atom stereocenters. The molecule has 0 bridgehead atoms. The first kappa shape index (κ1) is 14.0. The molecule has 1 saturated heterocycles. The molecule has 0 spiro atoms. The van der Waals surface area contributed by atoms with E-state index in [4.69, 9.17) is 5.73 Å². The minimum absolute atomic E-state index is 0.174. The van der Waals surface area contributed by atoms with Crippen LogP contribution in [-0.2, 0) is 6.18 Å². The van der Waals surface area contributed by atoms with Crippen LogP contribution in [0.25, 0.3) is 0 Å². The minimum Gasteiger partial charge on any atom is -0.382 e. The molecule has 1 aromatic heterocycles. The van der Waals surface area contributed by atoms with Crippen molar-refractivity contribution < 1.29 is 13.2 Å². The number of piperidine rings is 1. The Bertz CT molecular complexity index is 445. The molecule has 0 aliphatic carbocycles. The predicted molar refractivity (Wildman–Crippen MR) is 68.9 cm³/mol. The zero-order valence-corrected chi connectivity index (χ0v) is 10.9. The molecule has 2 rings (SSSR count). The van der Waals surface area contributed by atoms with Gasteiger partial charge in [-0.05, 0) is 31.7 Å². The maximum Gasteiger partial charge on any atom is 0.417 e. The molecule has 1 aromatic rings. The molecule has 3 nitrogen and oxygen atoms in total. The fraction of sp³-hybridized carbons (Fsp3) is 0.615. The minimum atomic E-state index is -4.38. The van der Waals surface area contributed by atoms with Crippen LogP contribution < -0.4 is 10.6 Å². The maximum atomic E-state index is 12.7. The molecule has 19 heavy (non-hydrogen) atoms. The fourth-order valence-electron chi connectivity index (χ4n) is 2.59. The lowest BCUT2D eigenvalue weighted by Gasteiger charge is -2.37. The number of alkyl halides is 3. The molecule has 1 fully saturated rings. The largest absolute Gasteiger partial charge is 0.417 e. The van der Waals surface area contributed by atoms with Gasteiger partial charge in [-0.3, -0.25) is 0 Å². The summed E-state index contributed by atoms with van der Waals surface area (Å²) < 4.78 is 38.2. The van der Waals surface area contributed by atoms with Crippen molar-refractivity contribution in [3.8, 4) is 0 Å². The molecule has 0 saturated carbocycles. The molecule has 2 heterocycles. The maximum absolute atomic E-state index is 12.7. The van der Waals surface area contributed by atoms with Gasteiger partial charge in [-0.2, -0.15) is 13.2 Å². The van der Waals surface area contributed by atoms with E-state index in [0.29, 0.717) is 5.69 Å². The van der Waals surface area contributed by atoms with E-state index < -0.39 is 11.7 Å². The van der Waals surface area contributed by atoms with E-state index in [1.807, 2.05) is 11.8 Å². The smallest absolute Gasteiger partial charge is 0.382 e. The first-order chi connectivity index (χ1) is 8.93. The third-order valence-corrected chi connectivity index (χ3v) is 3.63. The van der Waals surface area contributed by atoms with Crippen molar-refractivity contribution >= 4 is 11.5 Å². The lowest BCUT2D eigenvalue weighted by atomic mass is 9.99. The van der Waals surface area contributed by atoms with E-state index in [2.05, 4.69) is 4.98 Å². The van der Waals surface area contributed by atoms with Gasteiger partial charge in [0.1, 0.15) is 5.82 Å². The monoisotopic (exact) mass is 273 g/mol. The van der Waals surface area contributed by atoms with E-state index in [-0.39, 0.29) is 11.9 Å². The summed E-state index contributed by atoms with van der Waals surface area (Å²) in [6, 6.07) is 1.37. The second kappa shape index (κ2) is 5.27. The van der Waals surface area contributed by atoms with Crippen LogP contribution in [-0.4, -0.2) is 17.6 Å². The van der Waals surface area contributed by atoms with Gasteiger partial charge in [0.05, 0.1) is 11.3 Å². The van der Waals surface area contributed by atoms with Gasteiger partial charge in [-0.15, -0.1) is 0 Å². The number of rotatable bonds is 2. The molecular formula is C13H18F3N3. The van der Waals surface area contributed by atoms with Crippen LogP contribution in [0.2, 0.25) is 0 Å². The lowest BCUT2D eigenvalue weighted by molar-refractivity contribution is -0.137. The van der Waals surface area contributed by atoms with Crippen molar-refractivity contribution in [2.75, 3.05) is 17.2 Å². The second-order valence-electron chi connectivity index (χ2n) is 4.88. The van der Waals surface area contributed by atoms with Crippen LogP contribution in [0.1, 0.15) is 38.2 Å². The van der Waals surface area contributed by atoms with Gasteiger partial charge in [0, 0.05) is 18.8 Å². The third-order valence-electron chi connectivity index (χ3n) is 3.63. The van der Waals surface area contributed by atoms with Crippen molar-refractivity contribution in [2.24, 2.45) is 0 Å². The van der Waals surface area contributed by atoms with Gasteiger partial charge in [0.2, 0.25) is 0 Å². The number of hydrogen-bond acceptors (Lipinski definition) is 3. The summed E-state index contributed by atoms with van der Waals surface area (Å²) in [5, 5.41) is 0. The highest BCUT2D eigenvalue weighted by molar-refractivity contribution is 5.65. The van der Waals surface area contributed by atoms with Crippen LogP contribution in [0.4, 0.5) is 24.7 Å². The highest BCUT2D eigenvalue weighted by Crippen LogP contribution is 2.35. The predicted octanol–water partition coefficient (Wildman–Crippen LogP) is 3.45. The van der Waals surface area contributed by atoms with Crippen LogP contribution >= 0.6 is 0 Å². The Morgan fingerprint density at radius 2 is 2.16 bits per heavy atom. The third kappa shape index (κ3) is 2.93. The van der Waals surface area contributed by atoms with Crippen molar-refractivity contribution in [3.05, 3.63) is 17.8 Å². The fourth-order valence-corrected chi connectivity index (χ4v) is 2.59. The number of nitrogens with zero attached hydrogens (tertiary/aromatic N) is 2.